The number of hydrogen-bond donors (Lipinski definition) is 2. The van der Waals surface area contributed by atoms with E-state index in [2.05, 4.69) is 10.3 Å². The Bertz CT molecular complexity index is 654. The molecule has 0 radical (unpaired) electrons. The van der Waals surface area contributed by atoms with Crippen LogP contribution >= 0.6 is 11.3 Å². The van der Waals surface area contributed by atoms with Crippen LogP contribution in [0.4, 0.5) is 5.69 Å². The normalized spacial score (nSPS) is 14.1. The fourth-order valence-corrected chi connectivity index (χ4v) is 3.20. The van der Waals surface area contributed by atoms with Crippen LogP contribution in [-0.4, -0.2) is 33.2 Å². The molecule has 3 N–H and O–H groups in total. The highest BCUT2D eigenvalue weighted by atomic mass is 32.2. The monoisotopic (exact) mass is 311 g/mol. The molecular formula is C13H17N3O2S2. The van der Waals surface area contributed by atoms with Gasteiger partial charge in [-0.2, -0.15) is 0 Å². The molecule has 108 valence electrons. The van der Waals surface area contributed by atoms with Gasteiger partial charge in [0.2, 0.25) is 0 Å². The summed E-state index contributed by atoms with van der Waals surface area (Å²) in [5.41, 5.74) is 7.06. The summed E-state index contributed by atoms with van der Waals surface area (Å²) in [6, 6.07) is 3.71. The third-order valence-electron chi connectivity index (χ3n) is 3.09. The van der Waals surface area contributed by atoms with Crippen molar-refractivity contribution in [3.63, 3.8) is 0 Å². The van der Waals surface area contributed by atoms with E-state index in [1.54, 1.807) is 12.5 Å². The lowest BCUT2D eigenvalue weighted by Gasteiger charge is -2.08. The van der Waals surface area contributed by atoms with Crippen molar-refractivity contribution in [1.29, 1.82) is 0 Å². The van der Waals surface area contributed by atoms with Crippen molar-refractivity contribution in [1.82, 2.24) is 10.3 Å². The number of amides is 1. The van der Waals surface area contributed by atoms with E-state index in [4.69, 9.17) is 5.73 Å². The zero-order valence-corrected chi connectivity index (χ0v) is 13.0. The molecule has 0 aromatic carbocycles. The highest BCUT2D eigenvalue weighted by molar-refractivity contribution is 7.84. The maximum atomic E-state index is 12.1. The average Bonchev–Trinajstić information content (AvgIpc) is 2.76. The number of fused-ring (bicyclic) bond motifs is 1. The second-order valence-corrected chi connectivity index (χ2v) is 7.40. The molecule has 0 aliphatic rings. The summed E-state index contributed by atoms with van der Waals surface area (Å²) in [6.07, 6.45) is 4.01. The second-order valence-electron chi connectivity index (χ2n) is 4.55. The largest absolute Gasteiger partial charge is 0.396 e. The predicted molar refractivity (Wildman–Crippen MR) is 84.5 cm³/mol. The van der Waals surface area contributed by atoms with Crippen molar-refractivity contribution >= 4 is 43.9 Å². The van der Waals surface area contributed by atoms with Crippen molar-refractivity contribution in [2.45, 2.75) is 18.6 Å². The van der Waals surface area contributed by atoms with Crippen LogP contribution in [0, 0.1) is 0 Å². The third-order valence-corrected chi connectivity index (χ3v) is 5.62. The zero-order valence-electron chi connectivity index (χ0n) is 11.4. The Kier molecular flexibility index (Phi) is 4.72. The molecule has 2 atom stereocenters. The number of nitrogen functional groups attached to an aromatic ring is 1. The van der Waals surface area contributed by atoms with Gasteiger partial charge in [0.25, 0.3) is 5.91 Å². The molecule has 0 bridgehead atoms. The summed E-state index contributed by atoms with van der Waals surface area (Å²) in [6.45, 7) is 2.39. The van der Waals surface area contributed by atoms with E-state index in [1.165, 1.54) is 11.3 Å². The Balaban J connectivity index is 2.04. The molecule has 20 heavy (non-hydrogen) atoms. The van der Waals surface area contributed by atoms with Crippen LogP contribution in [0.1, 0.15) is 23.0 Å². The molecule has 2 aromatic heterocycles. The summed E-state index contributed by atoms with van der Waals surface area (Å²) in [5.74, 6) is -0.195. The molecule has 2 aromatic rings. The van der Waals surface area contributed by atoms with Crippen molar-refractivity contribution in [2.24, 2.45) is 0 Å². The number of nitrogens with one attached hydrogen (secondary N) is 1. The van der Waals surface area contributed by atoms with Crippen molar-refractivity contribution in [3.8, 4) is 0 Å². The molecule has 2 unspecified atom stereocenters. The van der Waals surface area contributed by atoms with Gasteiger partial charge in [-0.3, -0.25) is 14.0 Å². The Morgan fingerprint density at radius 1 is 1.60 bits per heavy atom. The smallest absolute Gasteiger partial charge is 0.263 e. The Morgan fingerprint density at radius 3 is 3.00 bits per heavy atom. The SMILES string of the molecule is CC(CCNC(=O)c1sc2cccnc2c1N)S(C)=O. The number of thiophene rings is 1. The fraction of sp³-hybridized carbons (Fsp3) is 0.385. The minimum atomic E-state index is -0.870. The first-order chi connectivity index (χ1) is 9.50. The van der Waals surface area contributed by atoms with Crippen LogP contribution in [0.25, 0.3) is 10.2 Å². The maximum absolute atomic E-state index is 12.1. The highest BCUT2D eigenvalue weighted by Gasteiger charge is 2.17. The van der Waals surface area contributed by atoms with Crippen LogP contribution in [0.5, 0.6) is 0 Å². The first-order valence-electron chi connectivity index (χ1n) is 6.24. The van der Waals surface area contributed by atoms with Crippen LogP contribution in [0.2, 0.25) is 0 Å². The predicted octanol–water partition coefficient (Wildman–Crippen LogP) is 1.77. The molecule has 0 spiro atoms. The lowest BCUT2D eigenvalue weighted by atomic mass is 10.3. The third kappa shape index (κ3) is 3.16. The van der Waals surface area contributed by atoms with Gasteiger partial charge in [-0.25, -0.2) is 0 Å². The van der Waals surface area contributed by atoms with E-state index in [0.29, 0.717) is 29.0 Å². The topological polar surface area (TPSA) is 85.1 Å². The van der Waals surface area contributed by atoms with E-state index in [9.17, 15) is 9.00 Å². The first-order valence-corrected chi connectivity index (χ1v) is 8.68. The minimum Gasteiger partial charge on any atom is -0.396 e. The Morgan fingerprint density at radius 2 is 2.35 bits per heavy atom. The molecule has 0 saturated heterocycles. The van der Waals surface area contributed by atoms with E-state index in [-0.39, 0.29) is 11.2 Å². The van der Waals surface area contributed by atoms with Crippen LogP contribution < -0.4 is 11.1 Å². The average molecular weight is 311 g/mol. The summed E-state index contributed by atoms with van der Waals surface area (Å²) in [4.78, 5) is 16.8. The molecule has 5 nitrogen and oxygen atoms in total. The van der Waals surface area contributed by atoms with Gasteiger partial charge in [0.1, 0.15) is 10.4 Å². The van der Waals surface area contributed by atoms with E-state index in [1.807, 2.05) is 19.1 Å². The number of nitrogens with two attached hydrogens (primary N) is 1. The Hall–Kier alpha value is -1.47. The number of aromatic nitrogens is 1. The van der Waals surface area contributed by atoms with Crippen LogP contribution in [0.15, 0.2) is 18.3 Å². The summed E-state index contributed by atoms with van der Waals surface area (Å²) in [7, 11) is -0.870. The fourth-order valence-electron chi connectivity index (χ4n) is 1.75. The number of rotatable bonds is 5. The molecule has 0 fully saturated rings. The number of carbonyl (C=O) groups excluding carboxylic acids is 1. The van der Waals surface area contributed by atoms with Gasteiger partial charge in [0.05, 0.1) is 10.4 Å². The van der Waals surface area contributed by atoms with Crippen molar-refractivity contribution in [3.05, 3.63) is 23.2 Å². The standard InChI is InChI=1S/C13H17N3O2S2/c1-8(20(2)18)5-7-16-13(17)12-10(14)11-9(19-12)4-3-6-15-11/h3-4,6,8H,5,7,14H2,1-2H3,(H,16,17). The van der Waals surface area contributed by atoms with Gasteiger partial charge in [0.15, 0.2) is 0 Å². The molecular weight excluding hydrogens is 294 g/mol. The minimum absolute atomic E-state index is 0.0664. The summed E-state index contributed by atoms with van der Waals surface area (Å²) < 4.78 is 12.1. The van der Waals surface area contributed by atoms with Gasteiger partial charge in [0, 0.05) is 35.0 Å². The van der Waals surface area contributed by atoms with Gasteiger partial charge in [-0.1, -0.05) is 6.92 Å². The number of nitrogens with zero attached hydrogens (tertiary/aromatic N) is 1. The summed E-state index contributed by atoms with van der Waals surface area (Å²) >= 11 is 1.34. The lowest BCUT2D eigenvalue weighted by molar-refractivity contribution is 0.0958. The van der Waals surface area contributed by atoms with E-state index >= 15 is 0 Å². The molecule has 2 rings (SSSR count). The molecule has 0 aliphatic heterocycles. The van der Waals surface area contributed by atoms with Gasteiger partial charge < -0.3 is 11.1 Å². The summed E-state index contributed by atoms with van der Waals surface area (Å²) in [5, 5.41) is 2.88. The second kappa shape index (κ2) is 6.32. The Labute approximate surface area is 124 Å². The van der Waals surface area contributed by atoms with Gasteiger partial charge in [-0.05, 0) is 18.6 Å². The van der Waals surface area contributed by atoms with Gasteiger partial charge in [-0.15, -0.1) is 11.3 Å². The van der Waals surface area contributed by atoms with E-state index in [0.717, 1.165) is 4.70 Å². The number of anilines is 1. The van der Waals surface area contributed by atoms with E-state index < -0.39 is 10.8 Å². The molecule has 0 aliphatic carbocycles. The van der Waals surface area contributed by atoms with Crippen LogP contribution in [-0.2, 0) is 10.8 Å². The van der Waals surface area contributed by atoms with Crippen LogP contribution in [0.3, 0.4) is 0 Å². The zero-order chi connectivity index (χ0) is 14.7. The highest BCUT2D eigenvalue weighted by Crippen LogP contribution is 2.31. The number of pyridine rings is 1. The first kappa shape index (κ1) is 14.9. The number of carbonyl (C=O) groups is 1. The van der Waals surface area contributed by atoms with Gasteiger partial charge >= 0.3 is 0 Å². The molecule has 2 heterocycles. The lowest BCUT2D eigenvalue weighted by Crippen LogP contribution is -2.27. The molecule has 7 heteroatoms. The number of hydrogen-bond acceptors (Lipinski definition) is 5. The quantitative estimate of drug-likeness (QED) is 0.881. The molecule has 1 amide bonds. The van der Waals surface area contributed by atoms with Crippen molar-refractivity contribution in [2.75, 3.05) is 18.5 Å². The maximum Gasteiger partial charge on any atom is 0.263 e. The van der Waals surface area contributed by atoms with Crippen molar-refractivity contribution < 1.29 is 9.00 Å². The molecule has 0 saturated carbocycles.